The lowest BCUT2D eigenvalue weighted by Gasteiger charge is -2.04. The number of benzene rings is 1. The smallest absolute Gasteiger partial charge is 0.0462 e. The van der Waals surface area contributed by atoms with Gasteiger partial charge in [0.1, 0.15) is 0 Å². The molecule has 0 aromatic heterocycles. The van der Waals surface area contributed by atoms with Crippen LogP contribution in [0.25, 0.3) is 0 Å². The standard InChI is InChI=1S/C15H25N.C10H20O.C6H13N/c1-3-4-5-6-7-14-8-10-15(11-9-14)12-13-16-2;1-3-4-5-6-7-8-9-10-11-2;1-6-3-4-7(2)5-6/h8-11,16H,3-7,12-13H2,1-2H3;3H,1,4-10H2,2H3;6H,3-5H2,1-2H3. The molecule has 1 aromatic rings. The normalized spacial score (nSPS) is 15.3. The van der Waals surface area contributed by atoms with Gasteiger partial charge in [-0.3, -0.25) is 0 Å². The van der Waals surface area contributed by atoms with E-state index in [9.17, 15) is 0 Å². The predicted molar refractivity (Wildman–Crippen MR) is 153 cm³/mol. The number of unbranched alkanes of at least 4 members (excludes halogenated alkanes) is 8. The van der Waals surface area contributed by atoms with Crippen molar-refractivity contribution >= 4 is 0 Å². The second kappa shape index (κ2) is 24.9. The molecule has 0 aliphatic carbocycles. The van der Waals surface area contributed by atoms with Crippen LogP contribution < -0.4 is 5.32 Å². The Kier molecular flexibility index (Phi) is 24.1. The second-order valence-corrected chi connectivity index (χ2v) is 9.97. The minimum atomic E-state index is 0.918. The second-order valence-electron chi connectivity index (χ2n) is 9.97. The summed E-state index contributed by atoms with van der Waals surface area (Å²) >= 11 is 0. The fourth-order valence-corrected chi connectivity index (χ4v) is 4.12. The van der Waals surface area contributed by atoms with Crippen molar-refractivity contribution in [1.29, 1.82) is 0 Å². The van der Waals surface area contributed by atoms with E-state index >= 15 is 0 Å². The number of hydrogen-bond donors (Lipinski definition) is 1. The van der Waals surface area contributed by atoms with E-state index in [-0.39, 0.29) is 0 Å². The third-order valence-electron chi connectivity index (χ3n) is 6.39. The van der Waals surface area contributed by atoms with Crippen LogP contribution in [0.5, 0.6) is 0 Å². The molecule has 34 heavy (non-hydrogen) atoms. The molecule has 2 rings (SSSR count). The van der Waals surface area contributed by atoms with Gasteiger partial charge in [0.2, 0.25) is 0 Å². The lowest BCUT2D eigenvalue weighted by molar-refractivity contribution is 0.192. The van der Waals surface area contributed by atoms with Crippen molar-refractivity contribution in [3.05, 3.63) is 48.0 Å². The van der Waals surface area contributed by atoms with E-state index in [0.29, 0.717) is 0 Å². The Morgan fingerprint density at radius 2 is 1.59 bits per heavy atom. The van der Waals surface area contributed by atoms with Crippen LogP contribution in [-0.2, 0) is 17.6 Å². The minimum Gasteiger partial charge on any atom is -0.385 e. The quantitative estimate of drug-likeness (QED) is 0.196. The lowest BCUT2D eigenvalue weighted by atomic mass is 10.0. The molecule has 1 heterocycles. The van der Waals surface area contributed by atoms with Crippen molar-refractivity contribution in [2.75, 3.05) is 47.4 Å². The molecule has 0 spiro atoms. The highest BCUT2D eigenvalue weighted by molar-refractivity contribution is 5.22. The van der Waals surface area contributed by atoms with E-state index in [2.05, 4.69) is 62.0 Å². The summed E-state index contributed by atoms with van der Waals surface area (Å²) in [4.78, 5) is 2.38. The fourth-order valence-electron chi connectivity index (χ4n) is 4.12. The molecular weight excluding hydrogens is 416 g/mol. The first-order chi connectivity index (χ1) is 16.6. The molecule has 198 valence electrons. The number of allylic oxidation sites excluding steroid dienone is 1. The first-order valence-corrected chi connectivity index (χ1v) is 14.1. The molecule has 1 unspecified atom stereocenters. The van der Waals surface area contributed by atoms with Crippen molar-refractivity contribution in [2.24, 2.45) is 5.92 Å². The van der Waals surface area contributed by atoms with Crippen molar-refractivity contribution in [3.8, 4) is 0 Å². The van der Waals surface area contributed by atoms with Gasteiger partial charge in [-0.25, -0.2) is 0 Å². The Bertz CT molecular complexity index is 535. The molecule has 3 nitrogen and oxygen atoms in total. The molecule has 1 atom stereocenters. The maximum atomic E-state index is 4.95. The SMILES string of the molecule is C=CCCCCCCCOC.CC1CCN(C)C1.CCCCCCc1ccc(CCNC)cc1. The lowest BCUT2D eigenvalue weighted by Crippen LogP contribution is -2.12. The summed E-state index contributed by atoms with van der Waals surface area (Å²) in [5, 5.41) is 3.18. The average molecular weight is 475 g/mol. The van der Waals surface area contributed by atoms with Crippen LogP contribution in [0, 0.1) is 5.92 Å². The number of methoxy groups -OCH3 is 1. The number of rotatable bonds is 16. The highest BCUT2D eigenvalue weighted by Crippen LogP contribution is 2.12. The summed E-state index contributed by atoms with van der Waals surface area (Å²) < 4.78 is 4.95. The average Bonchev–Trinajstić information content (AvgIpc) is 3.24. The highest BCUT2D eigenvalue weighted by Gasteiger charge is 2.13. The molecule has 1 aromatic carbocycles. The zero-order valence-corrected chi connectivity index (χ0v) is 23.5. The molecule has 1 fully saturated rings. The highest BCUT2D eigenvalue weighted by atomic mass is 16.5. The minimum absolute atomic E-state index is 0.918. The molecule has 0 bridgehead atoms. The summed E-state index contributed by atoms with van der Waals surface area (Å²) in [6.45, 7) is 12.9. The number of likely N-dealkylation sites (N-methyl/N-ethyl adjacent to an activating group) is 1. The van der Waals surface area contributed by atoms with Gasteiger partial charge in [-0.2, -0.15) is 0 Å². The van der Waals surface area contributed by atoms with E-state index in [1.807, 2.05) is 13.1 Å². The van der Waals surface area contributed by atoms with E-state index in [1.54, 1.807) is 7.11 Å². The number of ether oxygens (including phenoxy) is 1. The van der Waals surface area contributed by atoms with E-state index < -0.39 is 0 Å². The largest absolute Gasteiger partial charge is 0.385 e. The molecular formula is C31H58N2O. The fraction of sp³-hybridized carbons (Fsp3) is 0.742. The number of aryl methyl sites for hydroxylation is 1. The van der Waals surface area contributed by atoms with E-state index in [0.717, 1.165) is 25.5 Å². The molecule has 3 heteroatoms. The van der Waals surface area contributed by atoms with Gasteiger partial charge in [-0.05, 0) is 89.2 Å². The van der Waals surface area contributed by atoms with Gasteiger partial charge in [0.05, 0.1) is 0 Å². The summed E-state index contributed by atoms with van der Waals surface area (Å²) in [6.07, 6.45) is 18.9. The molecule has 1 N–H and O–H groups in total. The van der Waals surface area contributed by atoms with Crippen molar-refractivity contribution in [2.45, 2.75) is 97.3 Å². The number of hydrogen-bond acceptors (Lipinski definition) is 3. The van der Waals surface area contributed by atoms with Crippen LogP contribution in [0.3, 0.4) is 0 Å². The summed E-state index contributed by atoms with van der Waals surface area (Å²) in [5.41, 5.74) is 2.93. The molecule has 1 aliphatic heterocycles. The van der Waals surface area contributed by atoms with Crippen LogP contribution in [0.1, 0.15) is 95.6 Å². The van der Waals surface area contributed by atoms with Gasteiger partial charge >= 0.3 is 0 Å². The van der Waals surface area contributed by atoms with Gasteiger partial charge in [-0.15, -0.1) is 6.58 Å². The van der Waals surface area contributed by atoms with Crippen LogP contribution in [-0.4, -0.2) is 52.3 Å². The Morgan fingerprint density at radius 3 is 2.09 bits per heavy atom. The molecule has 1 aliphatic rings. The Hall–Kier alpha value is -1.16. The predicted octanol–water partition coefficient (Wildman–Crippen LogP) is 7.69. The van der Waals surface area contributed by atoms with Crippen LogP contribution in [0.2, 0.25) is 0 Å². The van der Waals surface area contributed by atoms with Crippen molar-refractivity contribution < 1.29 is 4.74 Å². The van der Waals surface area contributed by atoms with Gasteiger partial charge in [-0.1, -0.05) is 82.7 Å². The van der Waals surface area contributed by atoms with Crippen molar-refractivity contribution in [1.82, 2.24) is 10.2 Å². The first kappa shape index (κ1) is 32.8. The Morgan fingerprint density at radius 1 is 0.971 bits per heavy atom. The molecule has 0 radical (unpaired) electrons. The maximum absolute atomic E-state index is 4.95. The number of nitrogens with zero attached hydrogens (tertiary/aromatic N) is 1. The van der Waals surface area contributed by atoms with Gasteiger partial charge in [0.25, 0.3) is 0 Å². The maximum Gasteiger partial charge on any atom is 0.0462 e. The number of likely N-dealkylation sites (tertiary alicyclic amines) is 1. The molecule has 0 saturated carbocycles. The topological polar surface area (TPSA) is 24.5 Å². The van der Waals surface area contributed by atoms with Gasteiger partial charge in [0, 0.05) is 20.3 Å². The molecule has 1 saturated heterocycles. The summed E-state index contributed by atoms with van der Waals surface area (Å²) in [6, 6.07) is 9.12. The van der Waals surface area contributed by atoms with E-state index in [1.165, 1.54) is 101 Å². The van der Waals surface area contributed by atoms with Gasteiger partial charge < -0.3 is 15.0 Å². The van der Waals surface area contributed by atoms with Gasteiger partial charge in [0.15, 0.2) is 0 Å². The summed E-state index contributed by atoms with van der Waals surface area (Å²) in [5.74, 6) is 0.949. The zero-order valence-electron chi connectivity index (χ0n) is 23.5. The van der Waals surface area contributed by atoms with E-state index in [4.69, 9.17) is 4.74 Å². The van der Waals surface area contributed by atoms with Crippen LogP contribution >= 0.6 is 0 Å². The monoisotopic (exact) mass is 474 g/mol. The Balaban J connectivity index is 0.000000522. The van der Waals surface area contributed by atoms with Crippen LogP contribution in [0.4, 0.5) is 0 Å². The first-order valence-electron chi connectivity index (χ1n) is 14.1. The zero-order chi connectivity index (χ0) is 25.3. The Labute approximate surface area is 213 Å². The number of nitrogens with one attached hydrogen (secondary N) is 1. The third-order valence-corrected chi connectivity index (χ3v) is 6.39. The van der Waals surface area contributed by atoms with Crippen molar-refractivity contribution in [3.63, 3.8) is 0 Å². The molecule has 0 amide bonds. The van der Waals surface area contributed by atoms with Crippen LogP contribution in [0.15, 0.2) is 36.9 Å². The third kappa shape index (κ3) is 21.4. The summed E-state index contributed by atoms with van der Waals surface area (Å²) in [7, 11) is 5.95.